The molecule has 200 valence electrons. The summed E-state index contributed by atoms with van der Waals surface area (Å²) < 4.78 is 25.0. The van der Waals surface area contributed by atoms with E-state index in [9.17, 15) is 14.0 Å². The zero-order valence-corrected chi connectivity index (χ0v) is 22.5. The Morgan fingerprint density at radius 3 is 2.59 bits per heavy atom. The van der Waals surface area contributed by atoms with E-state index in [0.29, 0.717) is 23.1 Å². The summed E-state index contributed by atoms with van der Waals surface area (Å²) in [7, 11) is 3.20. The van der Waals surface area contributed by atoms with Gasteiger partial charge in [0.1, 0.15) is 22.6 Å². The van der Waals surface area contributed by atoms with E-state index in [1.165, 1.54) is 30.0 Å². The van der Waals surface area contributed by atoms with Crippen molar-refractivity contribution < 1.29 is 23.5 Å². The highest BCUT2D eigenvalue weighted by molar-refractivity contribution is 8.15. The fourth-order valence-electron chi connectivity index (χ4n) is 4.47. The first-order valence-electron chi connectivity index (χ1n) is 12.4. The number of amides is 2. The van der Waals surface area contributed by atoms with Gasteiger partial charge in [-0.25, -0.2) is 9.40 Å². The molecule has 2 heterocycles. The molecule has 3 aromatic rings. The number of aliphatic imine (C=N–C) groups is 1. The number of carbonyl (C=O) groups excluding carboxylic acids is 2. The van der Waals surface area contributed by atoms with Crippen molar-refractivity contribution in [3.63, 3.8) is 0 Å². The molecule has 3 aromatic carbocycles. The first kappa shape index (κ1) is 26.4. The normalized spacial score (nSPS) is 18.6. The molecule has 2 atom stereocenters. The number of para-hydroxylation sites is 1. The molecule has 2 aliphatic rings. The van der Waals surface area contributed by atoms with Gasteiger partial charge in [0, 0.05) is 18.4 Å². The van der Waals surface area contributed by atoms with Crippen molar-refractivity contribution in [3.8, 4) is 11.5 Å². The van der Waals surface area contributed by atoms with E-state index in [1.807, 2.05) is 49.4 Å². The van der Waals surface area contributed by atoms with Crippen LogP contribution >= 0.6 is 11.8 Å². The molecule has 0 unspecified atom stereocenters. The van der Waals surface area contributed by atoms with Gasteiger partial charge in [0.05, 0.1) is 31.7 Å². The number of carbonyl (C=O) groups is 2. The fraction of sp³-hybridized carbons (Fsp3) is 0.241. The van der Waals surface area contributed by atoms with Crippen LogP contribution in [0.3, 0.4) is 0 Å². The summed E-state index contributed by atoms with van der Waals surface area (Å²) in [6, 6.07) is 19.3. The molecule has 0 aliphatic carbocycles. The topological polar surface area (TPSA) is 92.6 Å². The largest absolute Gasteiger partial charge is 0.497 e. The smallest absolute Gasteiger partial charge is 0.262 e. The van der Waals surface area contributed by atoms with E-state index < -0.39 is 22.9 Å². The molecule has 0 fully saturated rings. The number of hydrogen-bond donors (Lipinski definition) is 1. The van der Waals surface area contributed by atoms with Gasteiger partial charge in [-0.05, 0) is 42.8 Å². The predicted molar refractivity (Wildman–Crippen MR) is 150 cm³/mol. The van der Waals surface area contributed by atoms with Gasteiger partial charge in [-0.3, -0.25) is 9.59 Å². The molecule has 8 nitrogen and oxygen atoms in total. The van der Waals surface area contributed by atoms with Crippen LogP contribution in [0.5, 0.6) is 11.5 Å². The van der Waals surface area contributed by atoms with Crippen molar-refractivity contribution in [2.75, 3.05) is 19.5 Å². The maximum absolute atomic E-state index is 14.0. The van der Waals surface area contributed by atoms with Gasteiger partial charge < -0.3 is 14.8 Å². The van der Waals surface area contributed by atoms with Crippen LogP contribution < -0.4 is 14.8 Å². The van der Waals surface area contributed by atoms with Crippen LogP contribution in [-0.2, 0) is 9.59 Å². The second-order valence-electron chi connectivity index (χ2n) is 9.16. The predicted octanol–water partition coefficient (Wildman–Crippen LogP) is 5.33. The molecule has 39 heavy (non-hydrogen) atoms. The average Bonchev–Trinajstić information content (AvgIpc) is 3.54. The lowest BCUT2D eigenvalue weighted by Crippen LogP contribution is -2.25. The highest BCUT2D eigenvalue weighted by Gasteiger charge is 2.39. The summed E-state index contributed by atoms with van der Waals surface area (Å²) in [5.74, 6) is -0.115. The van der Waals surface area contributed by atoms with Gasteiger partial charge in [-0.15, -0.1) is 0 Å². The standard InChI is InChI=1S/C29H27FN4O4S/c1-17-8-10-18(11-9-17)24-15-23(20-14-19(37-2)12-13-25(20)38-3)33-34(24)29-32-28(36)26(39-29)16-27(35)31-22-7-5-4-6-21(22)30/h4-14,24,26H,15-16H2,1-3H3,(H,31,35)/t24-,26-/m1/s1. The van der Waals surface area contributed by atoms with Crippen LogP contribution in [0.1, 0.15) is 35.6 Å². The number of methoxy groups -OCH3 is 2. The third-order valence-corrected chi connectivity index (χ3v) is 7.68. The third-order valence-electron chi connectivity index (χ3n) is 6.53. The Labute approximate surface area is 229 Å². The number of nitrogens with one attached hydrogen (secondary N) is 1. The van der Waals surface area contributed by atoms with E-state index in [1.54, 1.807) is 25.3 Å². The van der Waals surface area contributed by atoms with Gasteiger partial charge >= 0.3 is 0 Å². The Bertz CT molecular complexity index is 1470. The maximum atomic E-state index is 14.0. The zero-order chi connectivity index (χ0) is 27.5. The molecule has 1 N–H and O–H groups in total. The highest BCUT2D eigenvalue weighted by atomic mass is 32.2. The lowest BCUT2D eigenvalue weighted by Gasteiger charge is -2.23. The van der Waals surface area contributed by atoms with Crippen molar-refractivity contribution in [3.05, 3.63) is 89.2 Å². The van der Waals surface area contributed by atoms with Gasteiger partial charge in [0.2, 0.25) is 5.91 Å². The lowest BCUT2D eigenvalue weighted by atomic mass is 9.97. The number of amidine groups is 1. The van der Waals surface area contributed by atoms with Gasteiger partial charge in [-0.1, -0.05) is 53.7 Å². The Morgan fingerprint density at radius 2 is 1.87 bits per heavy atom. The molecule has 0 radical (unpaired) electrons. The monoisotopic (exact) mass is 546 g/mol. The first-order chi connectivity index (χ1) is 18.9. The fourth-order valence-corrected chi connectivity index (χ4v) is 5.54. The third kappa shape index (κ3) is 5.65. The van der Waals surface area contributed by atoms with Crippen LogP contribution in [-0.4, -0.2) is 47.2 Å². The van der Waals surface area contributed by atoms with Crippen LogP contribution in [0, 0.1) is 12.7 Å². The Kier molecular flexibility index (Phi) is 7.65. The molecular formula is C29H27FN4O4S. The van der Waals surface area contributed by atoms with Crippen LogP contribution in [0.2, 0.25) is 0 Å². The quantitative estimate of drug-likeness (QED) is 0.431. The minimum atomic E-state index is -0.740. The summed E-state index contributed by atoms with van der Waals surface area (Å²) in [6.45, 7) is 2.02. The summed E-state index contributed by atoms with van der Waals surface area (Å²) in [4.78, 5) is 29.7. The van der Waals surface area contributed by atoms with E-state index in [0.717, 1.165) is 22.4 Å². The van der Waals surface area contributed by atoms with E-state index in [4.69, 9.17) is 14.6 Å². The Morgan fingerprint density at radius 1 is 1.10 bits per heavy atom. The average molecular weight is 547 g/mol. The zero-order valence-electron chi connectivity index (χ0n) is 21.7. The molecule has 0 bridgehead atoms. The number of ether oxygens (including phenoxy) is 2. The van der Waals surface area contributed by atoms with Crippen molar-refractivity contribution >= 4 is 40.1 Å². The SMILES string of the molecule is COc1ccc(OC)c(C2=NN(C3=NC(=O)[C@@H](CC(=O)Nc4ccccc4F)S3)[C@@H](c3ccc(C)cc3)C2)c1. The number of anilines is 1. The van der Waals surface area contributed by atoms with Crippen LogP contribution in [0.4, 0.5) is 10.1 Å². The summed E-state index contributed by atoms with van der Waals surface area (Å²) in [6.07, 6.45) is 0.396. The van der Waals surface area contributed by atoms with E-state index in [-0.39, 0.29) is 18.2 Å². The van der Waals surface area contributed by atoms with E-state index >= 15 is 0 Å². The second-order valence-corrected chi connectivity index (χ2v) is 10.3. The molecule has 5 rings (SSSR count). The molecular weight excluding hydrogens is 519 g/mol. The minimum Gasteiger partial charge on any atom is -0.497 e. The minimum absolute atomic E-state index is 0.0690. The van der Waals surface area contributed by atoms with Gasteiger partial charge in [0.25, 0.3) is 5.91 Å². The molecule has 0 saturated carbocycles. The summed E-state index contributed by atoms with van der Waals surface area (Å²) >= 11 is 1.18. The summed E-state index contributed by atoms with van der Waals surface area (Å²) in [5.41, 5.74) is 3.75. The van der Waals surface area contributed by atoms with Crippen molar-refractivity contribution in [2.45, 2.75) is 31.1 Å². The van der Waals surface area contributed by atoms with Gasteiger partial charge in [0.15, 0.2) is 5.17 Å². The maximum Gasteiger partial charge on any atom is 0.262 e. The molecule has 0 saturated heterocycles. The lowest BCUT2D eigenvalue weighted by molar-refractivity contribution is -0.121. The van der Waals surface area contributed by atoms with Crippen LogP contribution in [0.15, 0.2) is 76.8 Å². The number of nitrogens with zero attached hydrogens (tertiary/aromatic N) is 3. The van der Waals surface area contributed by atoms with Crippen molar-refractivity contribution in [1.82, 2.24) is 5.01 Å². The number of hydrazone groups is 1. The number of aryl methyl sites for hydroxylation is 1. The Hall–Kier alpha value is -4.18. The molecule has 2 amide bonds. The molecule has 0 aromatic heterocycles. The number of benzene rings is 3. The van der Waals surface area contributed by atoms with Crippen molar-refractivity contribution in [2.24, 2.45) is 10.1 Å². The number of halogens is 1. The molecule has 10 heteroatoms. The first-order valence-corrected chi connectivity index (χ1v) is 13.2. The van der Waals surface area contributed by atoms with E-state index in [2.05, 4.69) is 10.3 Å². The summed E-state index contributed by atoms with van der Waals surface area (Å²) in [5, 5.41) is 8.84. The second kappa shape index (κ2) is 11.3. The molecule has 2 aliphatic heterocycles. The number of thioether (sulfide) groups is 1. The van der Waals surface area contributed by atoms with Gasteiger partial charge in [-0.2, -0.15) is 10.1 Å². The number of hydrogen-bond acceptors (Lipinski definition) is 7. The van der Waals surface area contributed by atoms with Crippen LogP contribution in [0.25, 0.3) is 0 Å². The van der Waals surface area contributed by atoms with Crippen molar-refractivity contribution in [1.29, 1.82) is 0 Å². The number of rotatable bonds is 7. The molecule has 0 spiro atoms. The Balaban J connectivity index is 1.41. The highest BCUT2D eigenvalue weighted by Crippen LogP contribution is 2.40.